The van der Waals surface area contributed by atoms with Crippen molar-refractivity contribution in [2.45, 2.75) is 46.1 Å². The molecule has 1 N–H and O–H groups in total. The Morgan fingerprint density at radius 3 is 2.47 bits per heavy atom. The largest absolute Gasteiger partial charge is 0.469 e. The fourth-order valence-corrected chi connectivity index (χ4v) is 1.42. The molecule has 0 aromatic carbocycles. The number of ether oxygens (including phenoxy) is 1. The summed E-state index contributed by atoms with van der Waals surface area (Å²) in [7, 11) is 1.36. The van der Waals surface area contributed by atoms with Crippen molar-refractivity contribution in [3.8, 4) is 0 Å². The molecule has 15 heavy (non-hydrogen) atoms. The second-order valence-electron chi connectivity index (χ2n) is 4.00. The van der Waals surface area contributed by atoms with Crippen LogP contribution >= 0.6 is 0 Å². The molecule has 0 bridgehead atoms. The minimum atomic E-state index is -0.599. The van der Waals surface area contributed by atoms with Crippen molar-refractivity contribution in [2.24, 2.45) is 5.92 Å². The van der Waals surface area contributed by atoms with Crippen LogP contribution in [-0.2, 0) is 9.53 Å². The standard InChI is InChI=1S/C12H22O3/c1-5-6-11(13)10(12(14)15-4)8-7-9(2)3/h7,10-11,13H,5-6,8H2,1-4H3/t10-,11-/m1/s1. The number of esters is 1. The molecule has 0 aliphatic carbocycles. The SMILES string of the molecule is CCC[C@@H](O)[C@@H](CC=C(C)C)C(=O)OC. The first-order valence-corrected chi connectivity index (χ1v) is 5.42. The van der Waals surface area contributed by atoms with Crippen molar-refractivity contribution in [2.75, 3.05) is 7.11 Å². The van der Waals surface area contributed by atoms with Gasteiger partial charge in [-0.15, -0.1) is 0 Å². The second kappa shape index (κ2) is 7.46. The van der Waals surface area contributed by atoms with Gasteiger partial charge in [-0.25, -0.2) is 0 Å². The van der Waals surface area contributed by atoms with Crippen LogP contribution in [0.2, 0.25) is 0 Å². The molecule has 0 unspecified atom stereocenters. The first kappa shape index (κ1) is 14.2. The molecule has 0 radical (unpaired) electrons. The van der Waals surface area contributed by atoms with Crippen LogP contribution in [0.5, 0.6) is 0 Å². The van der Waals surface area contributed by atoms with Gasteiger partial charge in [0.2, 0.25) is 0 Å². The quantitative estimate of drug-likeness (QED) is 0.545. The van der Waals surface area contributed by atoms with Gasteiger partial charge in [0.25, 0.3) is 0 Å². The van der Waals surface area contributed by atoms with Crippen LogP contribution in [0.4, 0.5) is 0 Å². The average molecular weight is 214 g/mol. The molecule has 0 heterocycles. The Labute approximate surface area is 92.1 Å². The van der Waals surface area contributed by atoms with Gasteiger partial charge < -0.3 is 9.84 Å². The molecule has 0 aromatic rings. The zero-order valence-electron chi connectivity index (χ0n) is 10.1. The summed E-state index contributed by atoms with van der Waals surface area (Å²) in [6.45, 7) is 5.93. The minimum absolute atomic E-state index is 0.326. The van der Waals surface area contributed by atoms with E-state index in [9.17, 15) is 9.90 Å². The molecule has 2 atom stereocenters. The molecular formula is C12H22O3. The van der Waals surface area contributed by atoms with Crippen molar-refractivity contribution >= 4 is 5.97 Å². The summed E-state index contributed by atoms with van der Waals surface area (Å²) in [6.07, 6.45) is 3.41. The highest BCUT2D eigenvalue weighted by molar-refractivity contribution is 5.73. The maximum absolute atomic E-state index is 11.4. The molecule has 3 nitrogen and oxygen atoms in total. The summed E-state index contributed by atoms with van der Waals surface area (Å²) in [5, 5.41) is 9.79. The third kappa shape index (κ3) is 5.57. The third-order valence-corrected chi connectivity index (χ3v) is 2.33. The molecule has 88 valence electrons. The van der Waals surface area contributed by atoms with Gasteiger partial charge in [-0.1, -0.05) is 25.0 Å². The Kier molecular flexibility index (Phi) is 7.05. The molecule has 0 amide bonds. The average Bonchev–Trinajstić information content (AvgIpc) is 2.17. The fraction of sp³-hybridized carbons (Fsp3) is 0.750. The Bertz CT molecular complexity index is 217. The van der Waals surface area contributed by atoms with E-state index >= 15 is 0 Å². The van der Waals surface area contributed by atoms with Crippen LogP contribution in [0.15, 0.2) is 11.6 Å². The minimum Gasteiger partial charge on any atom is -0.469 e. The smallest absolute Gasteiger partial charge is 0.311 e. The number of aliphatic hydroxyl groups excluding tert-OH is 1. The number of allylic oxidation sites excluding steroid dienone is 2. The van der Waals surface area contributed by atoms with Crippen molar-refractivity contribution < 1.29 is 14.6 Å². The number of carbonyl (C=O) groups is 1. The predicted molar refractivity (Wildman–Crippen MR) is 60.5 cm³/mol. The van der Waals surface area contributed by atoms with Crippen LogP contribution < -0.4 is 0 Å². The van der Waals surface area contributed by atoms with Gasteiger partial charge in [0, 0.05) is 0 Å². The first-order valence-electron chi connectivity index (χ1n) is 5.42. The molecule has 3 heteroatoms. The van der Waals surface area contributed by atoms with Crippen LogP contribution in [0.25, 0.3) is 0 Å². The summed E-state index contributed by atoms with van der Waals surface area (Å²) >= 11 is 0. The molecule has 0 rings (SSSR count). The van der Waals surface area contributed by atoms with E-state index < -0.39 is 12.0 Å². The number of rotatable bonds is 6. The number of hydrogen-bond donors (Lipinski definition) is 1. The van der Waals surface area contributed by atoms with Gasteiger partial charge >= 0.3 is 5.97 Å². The van der Waals surface area contributed by atoms with E-state index in [4.69, 9.17) is 0 Å². The van der Waals surface area contributed by atoms with Gasteiger partial charge in [-0.2, -0.15) is 0 Å². The van der Waals surface area contributed by atoms with Crippen molar-refractivity contribution in [3.05, 3.63) is 11.6 Å². The molecule has 0 saturated carbocycles. The van der Waals surface area contributed by atoms with E-state index in [0.717, 1.165) is 12.0 Å². The van der Waals surface area contributed by atoms with Crippen LogP contribution in [0.1, 0.15) is 40.0 Å². The lowest BCUT2D eigenvalue weighted by molar-refractivity contribution is -0.149. The fourth-order valence-electron chi connectivity index (χ4n) is 1.42. The molecular weight excluding hydrogens is 192 g/mol. The first-order chi connectivity index (χ1) is 7.02. The highest BCUT2D eigenvalue weighted by Gasteiger charge is 2.25. The number of aliphatic hydroxyl groups is 1. The predicted octanol–water partition coefficient (Wildman–Crippen LogP) is 2.29. The van der Waals surface area contributed by atoms with E-state index in [1.165, 1.54) is 7.11 Å². The highest BCUT2D eigenvalue weighted by atomic mass is 16.5. The summed E-state index contributed by atoms with van der Waals surface area (Å²) < 4.78 is 4.68. The number of hydrogen-bond acceptors (Lipinski definition) is 3. The van der Waals surface area contributed by atoms with E-state index in [1.807, 2.05) is 26.8 Å². The van der Waals surface area contributed by atoms with E-state index in [1.54, 1.807) is 0 Å². The monoisotopic (exact) mass is 214 g/mol. The van der Waals surface area contributed by atoms with Crippen molar-refractivity contribution in [1.82, 2.24) is 0 Å². The Balaban J connectivity index is 4.43. The number of carbonyl (C=O) groups excluding carboxylic acids is 1. The topological polar surface area (TPSA) is 46.5 Å². The molecule has 0 aliphatic rings. The Morgan fingerprint density at radius 2 is 2.07 bits per heavy atom. The van der Waals surface area contributed by atoms with Crippen LogP contribution in [-0.4, -0.2) is 24.3 Å². The summed E-state index contributed by atoms with van der Waals surface area (Å²) in [6, 6.07) is 0. The van der Waals surface area contributed by atoms with Gasteiger partial charge in [0.1, 0.15) is 0 Å². The summed E-state index contributed by atoms with van der Waals surface area (Å²) in [4.78, 5) is 11.4. The molecule has 0 spiro atoms. The molecule has 0 aliphatic heterocycles. The zero-order valence-corrected chi connectivity index (χ0v) is 10.1. The maximum atomic E-state index is 11.4. The lowest BCUT2D eigenvalue weighted by Crippen LogP contribution is -2.28. The zero-order chi connectivity index (χ0) is 11.8. The normalized spacial score (nSPS) is 14.2. The van der Waals surface area contributed by atoms with Crippen molar-refractivity contribution in [1.29, 1.82) is 0 Å². The lowest BCUT2D eigenvalue weighted by Gasteiger charge is -2.18. The molecule has 0 aromatic heterocycles. The highest BCUT2D eigenvalue weighted by Crippen LogP contribution is 2.17. The van der Waals surface area contributed by atoms with E-state index in [0.29, 0.717) is 12.8 Å². The van der Waals surface area contributed by atoms with Gasteiger partial charge in [-0.05, 0) is 26.7 Å². The summed E-state index contributed by atoms with van der Waals surface area (Å²) in [5.74, 6) is -0.752. The van der Waals surface area contributed by atoms with Gasteiger partial charge in [0.15, 0.2) is 0 Å². The van der Waals surface area contributed by atoms with E-state index in [-0.39, 0.29) is 5.97 Å². The summed E-state index contributed by atoms with van der Waals surface area (Å²) in [5.41, 5.74) is 1.15. The number of methoxy groups -OCH3 is 1. The van der Waals surface area contributed by atoms with E-state index in [2.05, 4.69) is 4.74 Å². The van der Waals surface area contributed by atoms with Gasteiger partial charge in [0.05, 0.1) is 19.1 Å². The van der Waals surface area contributed by atoms with Crippen LogP contribution in [0.3, 0.4) is 0 Å². The molecule has 0 fully saturated rings. The van der Waals surface area contributed by atoms with Gasteiger partial charge in [-0.3, -0.25) is 4.79 Å². The van der Waals surface area contributed by atoms with Crippen molar-refractivity contribution in [3.63, 3.8) is 0 Å². The maximum Gasteiger partial charge on any atom is 0.311 e. The second-order valence-corrected chi connectivity index (χ2v) is 4.00. The Hall–Kier alpha value is -0.830. The van der Waals surface area contributed by atoms with Crippen LogP contribution in [0, 0.1) is 5.92 Å². The third-order valence-electron chi connectivity index (χ3n) is 2.33. The lowest BCUT2D eigenvalue weighted by atomic mass is 9.94. The molecule has 0 saturated heterocycles. The Morgan fingerprint density at radius 1 is 1.47 bits per heavy atom.